The summed E-state index contributed by atoms with van der Waals surface area (Å²) >= 11 is 0. The molecular formula is C17H28N2O2. The van der Waals surface area contributed by atoms with Crippen molar-refractivity contribution in [1.29, 1.82) is 0 Å². The molecule has 1 amide bonds. The number of hydrogen-bond acceptors (Lipinski definition) is 3. The van der Waals surface area contributed by atoms with Crippen molar-refractivity contribution in [2.75, 3.05) is 13.1 Å². The monoisotopic (exact) mass is 292 g/mol. The fourth-order valence-electron chi connectivity index (χ4n) is 3.18. The van der Waals surface area contributed by atoms with Crippen LogP contribution < -0.4 is 5.32 Å². The Labute approximate surface area is 127 Å². The first kappa shape index (κ1) is 16.1. The molecule has 0 aliphatic carbocycles. The smallest absolute Gasteiger partial charge is 0.239 e. The molecule has 1 aromatic rings. The number of hydrogen-bond donors (Lipinski definition) is 1. The first-order valence-corrected chi connectivity index (χ1v) is 8.11. The summed E-state index contributed by atoms with van der Waals surface area (Å²) in [5.74, 6) is 2.08. The Hall–Kier alpha value is -1.29. The normalized spacial score (nSPS) is 19.1. The van der Waals surface area contributed by atoms with Gasteiger partial charge in [0.25, 0.3) is 0 Å². The number of nitrogens with one attached hydrogen (secondary N) is 1. The highest BCUT2D eigenvalue weighted by Crippen LogP contribution is 2.22. The number of amides is 1. The molecule has 1 N–H and O–H groups in total. The minimum atomic E-state index is -0.160. The van der Waals surface area contributed by atoms with Crippen LogP contribution in [0.25, 0.3) is 0 Å². The van der Waals surface area contributed by atoms with Gasteiger partial charge in [0.2, 0.25) is 5.91 Å². The second kappa shape index (κ2) is 7.12. The van der Waals surface area contributed by atoms with Crippen molar-refractivity contribution in [3.63, 3.8) is 0 Å². The van der Waals surface area contributed by atoms with Gasteiger partial charge < -0.3 is 9.32 Å². The molecule has 1 aliphatic heterocycles. The van der Waals surface area contributed by atoms with Gasteiger partial charge in [-0.25, -0.2) is 0 Å². The van der Waals surface area contributed by atoms with Gasteiger partial charge in [-0.3, -0.25) is 10.1 Å². The lowest BCUT2D eigenvalue weighted by Crippen LogP contribution is -2.46. The van der Waals surface area contributed by atoms with Gasteiger partial charge in [0.05, 0.1) is 6.04 Å². The standard InChI is InChI=1S/C17H28N2O2/c1-12-11-16(15(4)21-12)13(2)18-14(3)17(20)19-9-7-5-6-8-10-19/h11,13-14,18H,5-10H2,1-4H3. The average molecular weight is 292 g/mol. The van der Waals surface area contributed by atoms with E-state index in [1.54, 1.807) is 0 Å². The van der Waals surface area contributed by atoms with Gasteiger partial charge in [0, 0.05) is 24.7 Å². The number of rotatable bonds is 4. The van der Waals surface area contributed by atoms with Crippen molar-refractivity contribution >= 4 is 5.91 Å². The molecule has 0 radical (unpaired) electrons. The zero-order valence-corrected chi connectivity index (χ0v) is 13.7. The zero-order valence-electron chi connectivity index (χ0n) is 13.7. The van der Waals surface area contributed by atoms with Crippen LogP contribution in [0.4, 0.5) is 0 Å². The van der Waals surface area contributed by atoms with Crippen molar-refractivity contribution < 1.29 is 9.21 Å². The summed E-state index contributed by atoms with van der Waals surface area (Å²) in [7, 11) is 0. The molecule has 1 aromatic heterocycles. The van der Waals surface area contributed by atoms with Crippen molar-refractivity contribution in [1.82, 2.24) is 10.2 Å². The van der Waals surface area contributed by atoms with Crippen LogP contribution >= 0.6 is 0 Å². The van der Waals surface area contributed by atoms with Crippen LogP contribution in [0.5, 0.6) is 0 Å². The van der Waals surface area contributed by atoms with Crippen LogP contribution in [-0.2, 0) is 4.79 Å². The van der Waals surface area contributed by atoms with Crippen LogP contribution in [0.1, 0.15) is 62.7 Å². The average Bonchev–Trinajstić information content (AvgIpc) is 2.67. The van der Waals surface area contributed by atoms with Crippen LogP contribution in [0, 0.1) is 13.8 Å². The van der Waals surface area contributed by atoms with Crippen molar-refractivity contribution in [2.45, 2.75) is 65.5 Å². The summed E-state index contributed by atoms with van der Waals surface area (Å²) in [5.41, 5.74) is 1.14. The van der Waals surface area contributed by atoms with Crippen molar-refractivity contribution in [2.24, 2.45) is 0 Å². The Morgan fingerprint density at radius 2 is 1.81 bits per heavy atom. The summed E-state index contributed by atoms with van der Waals surface area (Å²) in [6.45, 7) is 9.79. The number of likely N-dealkylation sites (tertiary alicyclic amines) is 1. The first-order chi connectivity index (χ1) is 9.99. The van der Waals surface area contributed by atoms with E-state index in [2.05, 4.69) is 18.3 Å². The molecule has 4 nitrogen and oxygen atoms in total. The first-order valence-electron chi connectivity index (χ1n) is 8.11. The molecule has 2 heterocycles. The van der Waals surface area contributed by atoms with Gasteiger partial charge in [-0.05, 0) is 46.6 Å². The van der Waals surface area contributed by atoms with Gasteiger partial charge >= 0.3 is 0 Å². The van der Waals surface area contributed by atoms with Crippen LogP contribution in [0.3, 0.4) is 0 Å². The quantitative estimate of drug-likeness (QED) is 0.925. The molecule has 2 rings (SSSR count). The number of nitrogens with zero attached hydrogens (tertiary/aromatic N) is 1. The Balaban J connectivity index is 1.94. The maximum atomic E-state index is 12.5. The van der Waals surface area contributed by atoms with E-state index in [0.29, 0.717) is 0 Å². The predicted molar refractivity (Wildman–Crippen MR) is 84.2 cm³/mol. The van der Waals surface area contributed by atoms with E-state index in [1.807, 2.05) is 25.7 Å². The maximum absolute atomic E-state index is 12.5. The van der Waals surface area contributed by atoms with Crippen molar-refractivity contribution in [3.8, 4) is 0 Å². The fourth-order valence-corrected chi connectivity index (χ4v) is 3.18. The van der Waals surface area contributed by atoms with Crippen LogP contribution in [0.15, 0.2) is 10.5 Å². The summed E-state index contributed by atoms with van der Waals surface area (Å²) in [4.78, 5) is 14.6. The molecular weight excluding hydrogens is 264 g/mol. The van der Waals surface area contributed by atoms with Crippen LogP contribution in [-0.4, -0.2) is 29.9 Å². The Morgan fingerprint density at radius 1 is 1.19 bits per heavy atom. The number of carbonyl (C=O) groups excluding carboxylic acids is 1. The van der Waals surface area contributed by atoms with E-state index < -0.39 is 0 Å². The molecule has 0 spiro atoms. The lowest BCUT2D eigenvalue weighted by Gasteiger charge is -2.26. The second-order valence-corrected chi connectivity index (χ2v) is 6.22. The SMILES string of the molecule is Cc1cc(C(C)NC(C)C(=O)N2CCCCCC2)c(C)o1. The molecule has 0 aromatic carbocycles. The Kier molecular flexibility index (Phi) is 5.45. The Morgan fingerprint density at radius 3 is 2.33 bits per heavy atom. The van der Waals surface area contributed by atoms with Gasteiger partial charge in [-0.15, -0.1) is 0 Å². The molecule has 2 unspecified atom stereocenters. The number of carbonyl (C=O) groups is 1. The topological polar surface area (TPSA) is 45.5 Å². The van der Waals surface area contributed by atoms with Gasteiger partial charge in [0.15, 0.2) is 0 Å². The third-order valence-corrected chi connectivity index (χ3v) is 4.33. The minimum Gasteiger partial charge on any atom is -0.466 e. The maximum Gasteiger partial charge on any atom is 0.239 e. The molecule has 0 bridgehead atoms. The molecule has 118 valence electrons. The van der Waals surface area contributed by atoms with Crippen molar-refractivity contribution in [3.05, 3.63) is 23.2 Å². The zero-order chi connectivity index (χ0) is 15.4. The van der Waals surface area contributed by atoms with E-state index in [4.69, 9.17) is 4.42 Å². The third-order valence-electron chi connectivity index (χ3n) is 4.33. The summed E-state index contributed by atoms with van der Waals surface area (Å²) in [6, 6.07) is 2.01. The third kappa shape index (κ3) is 4.10. The molecule has 1 fully saturated rings. The van der Waals surface area contributed by atoms with Gasteiger partial charge in [0.1, 0.15) is 11.5 Å². The largest absolute Gasteiger partial charge is 0.466 e. The minimum absolute atomic E-state index is 0.119. The highest BCUT2D eigenvalue weighted by atomic mass is 16.3. The van der Waals surface area contributed by atoms with Gasteiger partial charge in [-0.2, -0.15) is 0 Å². The second-order valence-electron chi connectivity index (χ2n) is 6.22. The predicted octanol–water partition coefficient (Wildman–Crippen LogP) is 3.34. The molecule has 21 heavy (non-hydrogen) atoms. The summed E-state index contributed by atoms with van der Waals surface area (Å²) in [6.07, 6.45) is 4.76. The highest BCUT2D eigenvalue weighted by molar-refractivity contribution is 5.81. The molecule has 0 saturated carbocycles. The lowest BCUT2D eigenvalue weighted by molar-refractivity contribution is -0.133. The molecule has 4 heteroatoms. The highest BCUT2D eigenvalue weighted by Gasteiger charge is 2.23. The van der Waals surface area contributed by atoms with E-state index in [-0.39, 0.29) is 18.0 Å². The van der Waals surface area contributed by atoms with E-state index >= 15 is 0 Å². The summed E-state index contributed by atoms with van der Waals surface area (Å²) in [5, 5.41) is 3.42. The van der Waals surface area contributed by atoms with E-state index in [9.17, 15) is 4.79 Å². The molecule has 1 aliphatic rings. The van der Waals surface area contributed by atoms with Gasteiger partial charge in [-0.1, -0.05) is 12.8 Å². The number of aryl methyl sites for hydroxylation is 2. The molecule has 1 saturated heterocycles. The van der Waals surface area contributed by atoms with E-state index in [1.165, 1.54) is 12.8 Å². The van der Waals surface area contributed by atoms with E-state index in [0.717, 1.165) is 43.0 Å². The molecule has 2 atom stereocenters. The summed E-state index contributed by atoms with van der Waals surface area (Å²) < 4.78 is 5.58. The van der Waals surface area contributed by atoms with Crippen LogP contribution in [0.2, 0.25) is 0 Å². The fraction of sp³-hybridized carbons (Fsp3) is 0.706. The lowest BCUT2D eigenvalue weighted by atomic mass is 10.1. The number of furan rings is 1. The Bertz CT molecular complexity index is 473.